The third-order valence-electron chi connectivity index (χ3n) is 2.56. The zero-order chi connectivity index (χ0) is 16.2. The van der Waals surface area contributed by atoms with Gasteiger partial charge in [-0.05, 0) is 36.4 Å². The highest BCUT2D eigenvalue weighted by Gasteiger charge is 2.17. The molecule has 22 heavy (non-hydrogen) atoms. The van der Waals surface area contributed by atoms with Gasteiger partial charge in [-0.2, -0.15) is 8.42 Å². The highest BCUT2D eigenvalue weighted by Crippen LogP contribution is 2.16. The number of carbonyl (C=O) groups is 2. The molecule has 1 aromatic carbocycles. The van der Waals surface area contributed by atoms with E-state index >= 15 is 0 Å². The van der Waals surface area contributed by atoms with Crippen molar-refractivity contribution in [2.45, 2.75) is 5.09 Å². The third-order valence-corrected chi connectivity index (χ3v) is 3.83. The molecular weight excluding hydrogens is 312 g/mol. The first-order chi connectivity index (χ1) is 10.4. The van der Waals surface area contributed by atoms with Crippen LogP contribution in [0.1, 0.15) is 10.4 Å². The van der Waals surface area contributed by atoms with Crippen molar-refractivity contribution in [1.82, 2.24) is 5.32 Å². The smallest absolute Gasteiger partial charge is 0.322 e. The van der Waals surface area contributed by atoms with Crippen LogP contribution in [0.3, 0.4) is 0 Å². The van der Waals surface area contributed by atoms with E-state index in [4.69, 9.17) is 9.52 Å². The van der Waals surface area contributed by atoms with Crippen molar-refractivity contribution in [1.29, 1.82) is 0 Å². The topological polar surface area (TPSA) is 126 Å². The Hall–Kier alpha value is -2.81. The van der Waals surface area contributed by atoms with Crippen LogP contribution < -0.4 is 10.0 Å². The van der Waals surface area contributed by atoms with Crippen molar-refractivity contribution in [3.63, 3.8) is 0 Å². The Bertz CT molecular complexity index is 765. The van der Waals surface area contributed by atoms with Crippen LogP contribution in [-0.2, 0) is 14.8 Å². The van der Waals surface area contributed by atoms with Crippen LogP contribution in [0.25, 0.3) is 0 Å². The van der Waals surface area contributed by atoms with Crippen molar-refractivity contribution in [2.75, 3.05) is 11.3 Å². The molecule has 0 fully saturated rings. The minimum Gasteiger partial charge on any atom is -0.480 e. The summed E-state index contributed by atoms with van der Waals surface area (Å²) in [4.78, 5) is 22.0. The van der Waals surface area contributed by atoms with Crippen LogP contribution in [0.5, 0.6) is 0 Å². The first-order valence-corrected chi connectivity index (χ1v) is 7.53. The molecule has 0 saturated heterocycles. The van der Waals surface area contributed by atoms with Crippen LogP contribution in [0.15, 0.2) is 52.2 Å². The summed E-state index contributed by atoms with van der Waals surface area (Å²) in [5.74, 6) is -1.72. The molecule has 0 atom stereocenters. The fraction of sp³-hybridized carbons (Fsp3) is 0.0769. The van der Waals surface area contributed by atoms with Gasteiger partial charge in [0.25, 0.3) is 15.9 Å². The Morgan fingerprint density at radius 3 is 2.36 bits per heavy atom. The quantitative estimate of drug-likeness (QED) is 0.724. The van der Waals surface area contributed by atoms with Gasteiger partial charge in [-0.25, -0.2) is 0 Å². The number of anilines is 1. The van der Waals surface area contributed by atoms with E-state index in [1.165, 1.54) is 42.7 Å². The van der Waals surface area contributed by atoms with Gasteiger partial charge < -0.3 is 14.8 Å². The number of furan rings is 1. The minimum absolute atomic E-state index is 0.210. The Labute approximate surface area is 125 Å². The number of nitrogens with one attached hydrogen (secondary N) is 2. The van der Waals surface area contributed by atoms with Gasteiger partial charge in [0.1, 0.15) is 6.54 Å². The molecule has 116 valence electrons. The molecule has 0 radical (unpaired) electrons. The first kappa shape index (κ1) is 15.6. The molecule has 1 heterocycles. The lowest BCUT2D eigenvalue weighted by Gasteiger charge is -2.07. The second-order valence-corrected chi connectivity index (χ2v) is 5.80. The number of benzene rings is 1. The van der Waals surface area contributed by atoms with Gasteiger partial charge in [0.05, 0.1) is 6.26 Å². The first-order valence-electron chi connectivity index (χ1n) is 6.05. The van der Waals surface area contributed by atoms with Crippen LogP contribution in [0.4, 0.5) is 5.69 Å². The second-order valence-electron chi connectivity index (χ2n) is 4.19. The van der Waals surface area contributed by atoms with E-state index in [2.05, 4.69) is 10.0 Å². The lowest BCUT2D eigenvalue weighted by atomic mass is 10.2. The van der Waals surface area contributed by atoms with E-state index < -0.39 is 28.4 Å². The number of hydrogen-bond donors (Lipinski definition) is 3. The second kappa shape index (κ2) is 6.31. The molecular formula is C13H12N2O6S. The molecule has 0 aliphatic carbocycles. The van der Waals surface area contributed by atoms with Gasteiger partial charge in [-0.15, -0.1) is 0 Å². The maximum atomic E-state index is 11.9. The van der Waals surface area contributed by atoms with Crippen LogP contribution >= 0.6 is 0 Å². The number of amides is 1. The largest absolute Gasteiger partial charge is 0.480 e. The monoisotopic (exact) mass is 324 g/mol. The predicted octanol–water partition coefficient (Wildman–Crippen LogP) is 0.895. The van der Waals surface area contributed by atoms with Gasteiger partial charge in [-0.1, -0.05) is 0 Å². The van der Waals surface area contributed by atoms with Gasteiger partial charge in [0.15, 0.2) is 0 Å². The maximum Gasteiger partial charge on any atom is 0.322 e. The Balaban J connectivity index is 2.06. The van der Waals surface area contributed by atoms with E-state index in [9.17, 15) is 18.0 Å². The summed E-state index contributed by atoms with van der Waals surface area (Å²) in [5.41, 5.74) is 0.452. The molecule has 1 aromatic heterocycles. The molecule has 9 heteroatoms. The summed E-state index contributed by atoms with van der Waals surface area (Å²) < 4.78 is 30.9. The summed E-state index contributed by atoms with van der Waals surface area (Å²) in [6.07, 6.45) is 1.24. The highest BCUT2D eigenvalue weighted by atomic mass is 32.2. The van der Waals surface area contributed by atoms with Gasteiger partial charge >= 0.3 is 5.97 Å². The van der Waals surface area contributed by atoms with Gasteiger partial charge in [0, 0.05) is 11.3 Å². The molecule has 8 nitrogen and oxygen atoms in total. The summed E-state index contributed by atoms with van der Waals surface area (Å²) in [6.45, 7) is -0.494. The lowest BCUT2D eigenvalue weighted by molar-refractivity contribution is -0.135. The van der Waals surface area contributed by atoms with Gasteiger partial charge in [0.2, 0.25) is 5.09 Å². The van der Waals surface area contributed by atoms with Crippen molar-refractivity contribution in [3.8, 4) is 0 Å². The SMILES string of the molecule is O=C(O)CNC(=O)c1ccc(NS(=O)(=O)c2ccco2)cc1. The normalized spacial score (nSPS) is 10.9. The molecule has 0 spiro atoms. The fourth-order valence-electron chi connectivity index (χ4n) is 1.57. The van der Waals surface area contributed by atoms with Crippen LogP contribution in [0, 0.1) is 0 Å². The molecule has 0 unspecified atom stereocenters. The number of hydrogen-bond acceptors (Lipinski definition) is 5. The Kier molecular flexibility index (Phi) is 4.47. The van der Waals surface area contributed by atoms with Crippen LogP contribution in [0.2, 0.25) is 0 Å². The molecule has 2 rings (SSSR count). The van der Waals surface area contributed by atoms with Crippen molar-refractivity contribution in [3.05, 3.63) is 48.2 Å². The average molecular weight is 324 g/mol. The molecule has 0 aliphatic rings. The number of carbonyl (C=O) groups excluding carboxylic acids is 1. The Morgan fingerprint density at radius 2 is 1.82 bits per heavy atom. The molecule has 3 N–H and O–H groups in total. The molecule has 1 amide bonds. The van der Waals surface area contributed by atoms with Crippen LogP contribution in [-0.4, -0.2) is 31.9 Å². The summed E-state index contributed by atoms with van der Waals surface area (Å²) in [7, 11) is -3.82. The predicted molar refractivity (Wildman–Crippen MR) is 75.9 cm³/mol. The Morgan fingerprint density at radius 1 is 1.14 bits per heavy atom. The van der Waals surface area contributed by atoms with Crippen molar-refractivity contribution >= 4 is 27.6 Å². The van der Waals surface area contributed by atoms with E-state index in [0.29, 0.717) is 0 Å². The summed E-state index contributed by atoms with van der Waals surface area (Å²) >= 11 is 0. The van der Waals surface area contributed by atoms with E-state index in [1.54, 1.807) is 0 Å². The number of sulfonamides is 1. The number of rotatable bonds is 6. The fourth-order valence-corrected chi connectivity index (χ4v) is 2.56. The maximum absolute atomic E-state index is 11.9. The minimum atomic E-state index is -3.82. The molecule has 0 bridgehead atoms. The van der Waals surface area contributed by atoms with Crippen molar-refractivity contribution in [2.24, 2.45) is 0 Å². The summed E-state index contributed by atoms with van der Waals surface area (Å²) in [5, 5.41) is 10.4. The number of carboxylic acid groups (broad SMARTS) is 1. The highest BCUT2D eigenvalue weighted by molar-refractivity contribution is 7.92. The van der Waals surface area contributed by atoms with E-state index in [0.717, 1.165) is 0 Å². The number of carboxylic acids is 1. The number of aliphatic carboxylic acids is 1. The zero-order valence-electron chi connectivity index (χ0n) is 11.1. The average Bonchev–Trinajstić information content (AvgIpc) is 3.00. The summed E-state index contributed by atoms with van der Waals surface area (Å²) in [6, 6.07) is 8.27. The third kappa shape index (κ3) is 3.85. The standard InChI is InChI=1S/C13H12N2O6S/c16-11(17)8-14-13(18)9-3-5-10(6-4-9)15-22(19,20)12-2-1-7-21-12/h1-7,15H,8H2,(H,14,18)(H,16,17). The van der Waals surface area contributed by atoms with Gasteiger partial charge in [-0.3, -0.25) is 14.3 Å². The molecule has 0 saturated carbocycles. The molecule has 2 aromatic rings. The van der Waals surface area contributed by atoms with E-state index in [1.807, 2.05) is 0 Å². The lowest BCUT2D eigenvalue weighted by Crippen LogP contribution is -2.29. The molecule has 0 aliphatic heterocycles. The zero-order valence-corrected chi connectivity index (χ0v) is 12.0. The van der Waals surface area contributed by atoms with E-state index in [-0.39, 0.29) is 16.3 Å². The van der Waals surface area contributed by atoms with Crippen molar-refractivity contribution < 1.29 is 27.5 Å².